The molecule has 1 atom stereocenters. The minimum atomic E-state index is -1.21. The van der Waals surface area contributed by atoms with Crippen LogP contribution in [0.1, 0.15) is 49.4 Å². The van der Waals surface area contributed by atoms with E-state index < -0.39 is 10.9 Å². The molecule has 1 aromatic rings. The van der Waals surface area contributed by atoms with Gasteiger partial charge in [-0.1, -0.05) is 13.3 Å². The average Bonchev–Trinajstić information content (AvgIpc) is 2.47. The normalized spacial score (nSPS) is 18.5. The molecule has 0 radical (unpaired) electrons. The summed E-state index contributed by atoms with van der Waals surface area (Å²) < 4.78 is 0. The number of hydrogen-bond acceptors (Lipinski definition) is 5. The minimum Gasteiger partial charge on any atom is -0.478 e. The number of anilines is 1. The van der Waals surface area contributed by atoms with Crippen LogP contribution in [-0.4, -0.2) is 33.6 Å². The molecule has 0 aliphatic carbocycles. The molecule has 2 heterocycles. The first-order valence-electron chi connectivity index (χ1n) is 7.19. The van der Waals surface area contributed by atoms with Crippen molar-refractivity contribution in [3.8, 4) is 0 Å². The van der Waals surface area contributed by atoms with E-state index in [4.69, 9.17) is 5.11 Å². The quantitative estimate of drug-likeness (QED) is 0.662. The maximum absolute atomic E-state index is 11.2. The molecule has 0 aromatic carbocycles. The number of carboxylic acids is 1. The molecule has 1 N–H and O–H groups in total. The highest BCUT2D eigenvalue weighted by molar-refractivity contribution is 5.88. The second kappa shape index (κ2) is 6.51. The minimum absolute atomic E-state index is 0.158. The van der Waals surface area contributed by atoms with E-state index in [9.17, 15) is 14.9 Å². The Morgan fingerprint density at radius 3 is 2.95 bits per heavy atom. The molecule has 1 aromatic heterocycles. The molecule has 0 spiro atoms. The Labute approximate surface area is 122 Å². The maximum Gasteiger partial charge on any atom is 0.337 e. The lowest BCUT2D eigenvalue weighted by Crippen LogP contribution is -2.40. The van der Waals surface area contributed by atoms with E-state index in [-0.39, 0.29) is 17.3 Å². The number of carbonyl (C=O) groups is 1. The summed E-state index contributed by atoms with van der Waals surface area (Å²) in [5.74, 6) is -0.913. The molecule has 1 saturated heterocycles. The number of aromatic carboxylic acids is 1. The van der Waals surface area contributed by atoms with Crippen LogP contribution in [0.3, 0.4) is 0 Å². The molecule has 1 aliphatic heterocycles. The summed E-state index contributed by atoms with van der Waals surface area (Å²) in [5.41, 5.74) is -0.382. The van der Waals surface area contributed by atoms with Crippen molar-refractivity contribution in [2.24, 2.45) is 0 Å². The molecular weight excluding hydrogens is 274 g/mol. The van der Waals surface area contributed by atoms with Crippen molar-refractivity contribution in [1.29, 1.82) is 0 Å². The molecule has 1 aliphatic rings. The first-order valence-corrected chi connectivity index (χ1v) is 7.19. The monoisotopic (exact) mass is 293 g/mol. The number of hydrogen-bond donors (Lipinski definition) is 1. The summed E-state index contributed by atoms with van der Waals surface area (Å²) in [5, 5.41) is 20.2. The third kappa shape index (κ3) is 3.29. The highest BCUT2D eigenvalue weighted by Crippen LogP contribution is 2.32. The van der Waals surface area contributed by atoms with Crippen molar-refractivity contribution in [3.63, 3.8) is 0 Å². The summed E-state index contributed by atoms with van der Waals surface area (Å²) >= 11 is 0. The van der Waals surface area contributed by atoms with Crippen LogP contribution in [0.15, 0.2) is 12.3 Å². The number of carboxylic acid groups (broad SMARTS) is 1. The Morgan fingerprint density at radius 1 is 1.57 bits per heavy atom. The highest BCUT2D eigenvalue weighted by atomic mass is 16.6. The SMILES string of the molecule is CCCC1CCCCN1c1ncc(C(=O)O)cc1[N+](=O)[O-]. The van der Waals surface area contributed by atoms with Crippen LogP contribution >= 0.6 is 0 Å². The zero-order chi connectivity index (χ0) is 15.4. The van der Waals surface area contributed by atoms with Crippen molar-refractivity contribution < 1.29 is 14.8 Å². The number of aromatic nitrogens is 1. The van der Waals surface area contributed by atoms with E-state index in [1.54, 1.807) is 0 Å². The Morgan fingerprint density at radius 2 is 2.33 bits per heavy atom. The van der Waals surface area contributed by atoms with Gasteiger partial charge in [0.15, 0.2) is 0 Å². The van der Waals surface area contributed by atoms with Gasteiger partial charge in [-0.15, -0.1) is 0 Å². The van der Waals surface area contributed by atoms with Gasteiger partial charge < -0.3 is 10.0 Å². The molecule has 7 nitrogen and oxygen atoms in total. The number of piperidine rings is 1. The topological polar surface area (TPSA) is 96.6 Å². The van der Waals surface area contributed by atoms with Crippen molar-refractivity contribution >= 4 is 17.5 Å². The molecule has 1 unspecified atom stereocenters. The van der Waals surface area contributed by atoms with Crippen molar-refractivity contribution in [2.45, 2.75) is 45.1 Å². The van der Waals surface area contributed by atoms with E-state index in [0.29, 0.717) is 5.82 Å². The van der Waals surface area contributed by atoms with E-state index >= 15 is 0 Å². The molecule has 0 amide bonds. The van der Waals surface area contributed by atoms with E-state index in [0.717, 1.165) is 44.7 Å². The van der Waals surface area contributed by atoms with Gasteiger partial charge in [-0.3, -0.25) is 10.1 Å². The summed E-state index contributed by atoms with van der Waals surface area (Å²) in [6, 6.07) is 1.34. The second-order valence-corrected chi connectivity index (χ2v) is 5.26. The Bertz CT molecular complexity index is 545. The van der Waals surface area contributed by atoms with Gasteiger partial charge in [-0.2, -0.15) is 0 Å². The van der Waals surface area contributed by atoms with Gasteiger partial charge in [0.05, 0.1) is 10.5 Å². The summed E-state index contributed by atoms with van der Waals surface area (Å²) in [7, 11) is 0. The molecule has 114 valence electrons. The molecule has 0 saturated carbocycles. The van der Waals surface area contributed by atoms with Crippen LogP contribution in [-0.2, 0) is 0 Å². The van der Waals surface area contributed by atoms with Gasteiger partial charge >= 0.3 is 11.7 Å². The van der Waals surface area contributed by atoms with Crippen LogP contribution in [0.5, 0.6) is 0 Å². The van der Waals surface area contributed by atoms with Crippen LogP contribution in [0.4, 0.5) is 11.5 Å². The number of pyridine rings is 1. The van der Waals surface area contributed by atoms with Crippen LogP contribution < -0.4 is 4.90 Å². The third-order valence-corrected chi connectivity index (χ3v) is 3.81. The molecule has 7 heteroatoms. The highest BCUT2D eigenvalue weighted by Gasteiger charge is 2.29. The van der Waals surface area contributed by atoms with Crippen molar-refractivity contribution in [1.82, 2.24) is 4.98 Å². The summed E-state index contributed by atoms with van der Waals surface area (Å²) in [6.07, 6.45) is 6.24. The van der Waals surface area contributed by atoms with Crippen LogP contribution in [0.25, 0.3) is 0 Å². The van der Waals surface area contributed by atoms with Crippen LogP contribution in [0, 0.1) is 10.1 Å². The Balaban J connectivity index is 2.41. The van der Waals surface area contributed by atoms with Crippen molar-refractivity contribution in [2.75, 3.05) is 11.4 Å². The molecule has 2 rings (SSSR count). The molecule has 21 heavy (non-hydrogen) atoms. The first-order chi connectivity index (χ1) is 10.0. The zero-order valence-electron chi connectivity index (χ0n) is 12.0. The standard InChI is InChI=1S/C14H19N3O4/c1-2-5-11-6-3-4-7-16(11)13-12(17(20)21)8-10(9-15-13)14(18)19/h8-9,11H,2-7H2,1H3,(H,18,19). The average molecular weight is 293 g/mol. The molecular formula is C14H19N3O4. The van der Waals surface area contributed by atoms with Crippen LogP contribution in [0.2, 0.25) is 0 Å². The lowest BCUT2D eigenvalue weighted by molar-refractivity contribution is -0.384. The van der Waals surface area contributed by atoms with E-state index in [2.05, 4.69) is 11.9 Å². The van der Waals surface area contributed by atoms with E-state index in [1.807, 2.05) is 4.90 Å². The Kier molecular flexibility index (Phi) is 4.72. The largest absolute Gasteiger partial charge is 0.478 e. The predicted molar refractivity (Wildman–Crippen MR) is 77.7 cm³/mol. The first kappa shape index (κ1) is 15.2. The maximum atomic E-state index is 11.2. The lowest BCUT2D eigenvalue weighted by atomic mass is 9.98. The van der Waals surface area contributed by atoms with Gasteiger partial charge in [0.2, 0.25) is 5.82 Å². The van der Waals surface area contributed by atoms with Crippen molar-refractivity contribution in [3.05, 3.63) is 27.9 Å². The van der Waals surface area contributed by atoms with Gasteiger partial charge in [0.1, 0.15) is 0 Å². The molecule has 1 fully saturated rings. The van der Waals surface area contributed by atoms with E-state index in [1.165, 1.54) is 6.20 Å². The van der Waals surface area contributed by atoms with Gasteiger partial charge in [0, 0.05) is 24.8 Å². The smallest absolute Gasteiger partial charge is 0.337 e. The van der Waals surface area contributed by atoms with Gasteiger partial charge in [0.25, 0.3) is 0 Å². The number of nitro groups is 1. The number of nitrogens with zero attached hydrogens (tertiary/aromatic N) is 3. The summed E-state index contributed by atoms with van der Waals surface area (Å²) in [6.45, 7) is 2.81. The fraction of sp³-hybridized carbons (Fsp3) is 0.571. The predicted octanol–water partition coefficient (Wildman–Crippen LogP) is 2.85. The number of rotatable bonds is 5. The second-order valence-electron chi connectivity index (χ2n) is 5.26. The summed E-state index contributed by atoms with van der Waals surface area (Å²) in [4.78, 5) is 27.7. The fourth-order valence-electron chi connectivity index (χ4n) is 2.83. The van der Waals surface area contributed by atoms with Gasteiger partial charge in [-0.05, 0) is 25.7 Å². The van der Waals surface area contributed by atoms with Gasteiger partial charge in [-0.25, -0.2) is 9.78 Å². The molecule has 0 bridgehead atoms. The Hall–Kier alpha value is -2.18. The zero-order valence-corrected chi connectivity index (χ0v) is 12.0. The third-order valence-electron chi connectivity index (χ3n) is 3.81. The lowest BCUT2D eigenvalue weighted by Gasteiger charge is -2.36. The fourth-order valence-corrected chi connectivity index (χ4v) is 2.83.